The molecule has 1 aliphatic heterocycles. The molecule has 1 aromatic rings. The summed E-state index contributed by atoms with van der Waals surface area (Å²) in [7, 11) is 0. The number of benzene rings is 1. The molecular formula is C18H24ClN3O3. The number of nitrogens with zero attached hydrogens (tertiary/aromatic N) is 1. The van der Waals surface area contributed by atoms with Gasteiger partial charge in [0.2, 0.25) is 17.7 Å². The average Bonchev–Trinajstić information content (AvgIpc) is 2.56. The predicted octanol–water partition coefficient (Wildman–Crippen LogP) is 3.13. The molecule has 25 heavy (non-hydrogen) atoms. The molecule has 136 valence electrons. The number of piperidine rings is 1. The van der Waals surface area contributed by atoms with Gasteiger partial charge in [-0.1, -0.05) is 25.4 Å². The standard InChI is InChI=1S/C18H24ClN3O3/c1-11(2)18(25)22-8-4-5-13(10-22)17(24)21-14-6-7-16(15(19)9-14)20-12(3)23/h6-7,9,11,13H,4-5,8,10H2,1-3H3,(H,20,23)(H,21,24). The fraction of sp³-hybridized carbons (Fsp3) is 0.500. The van der Waals surface area contributed by atoms with Gasteiger partial charge < -0.3 is 15.5 Å². The van der Waals surface area contributed by atoms with E-state index in [1.54, 1.807) is 23.1 Å². The molecule has 1 aliphatic rings. The molecule has 6 nitrogen and oxygen atoms in total. The van der Waals surface area contributed by atoms with Crippen molar-refractivity contribution in [2.75, 3.05) is 23.7 Å². The molecule has 3 amide bonds. The summed E-state index contributed by atoms with van der Waals surface area (Å²) in [5.74, 6) is -0.548. The first-order valence-corrected chi connectivity index (χ1v) is 8.82. The van der Waals surface area contributed by atoms with Crippen LogP contribution in [0.1, 0.15) is 33.6 Å². The van der Waals surface area contributed by atoms with Crippen molar-refractivity contribution < 1.29 is 14.4 Å². The topological polar surface area (TPSA) is 78.5 Å². The van der Waals surface area contributed by atoms with Gasteiger partial charge in [-0.3, -0.25) is 14.4 Å². The summed E-state index contributed by atoms with van der Waals surface area (Å²) in [6, 6.07) is 4.94. The van der Waals surface area contributed by atoms with Crippen LogP contribution in [0.2, 0.25) is 5.02 Å². The van der Waals surface area contributed by atoms with Gasteiger partial charge in [-0.25, -0.2) is 0 Å². The zero-order valence-electron chi connectivity index (χ0n) is 14.8. The van der Waals surface area contributed by atoms with Crippen LogP contribution in [0.5, 0.6) is 0 Å². The van der Waals surface area contributed by atoms with Gasteiger partial charge in [0.05, 0.1) is 16.6 Å². The Bertz CT molecular complexity index is 676. The molecule has 2 rings (SSSR count). The van der Waals surface area contributed by atoms with Gasteiger partial charge in [0.1, 0.15) is 0 Å². The summed E-state index contributed by atoms with van der Waals surface area (Å²) in [6.45, 7) is 6.28. The van der Waals surface area contributed by atoms with Crippen LogP contribution in [0.25, 0.3) is 0 Å². The summed E-state index contributed by atoms with van der Waals surface area (Å²) in [4.78, 5) is 37.5. The minimum Gasteiger partial charge on any atom is -0.342 e. The molecule has 0 saturated carbocycles. The summed E-state index contributed by atoms with van der Waals surface area (Å²) in [5.41, 5.74) is 1.06. The fourth-order valence-corrected chi connectivity index (χ4v) is 3.11. The van der Waals surface area contributed by atoms with Crippen LogP contribution < -0.4 is 10.6 Å². The Morgan fingerprint density at radius 2 is 1.96 bits per heavy atom. The number of likely N-dealkylation sites (tertiary alicyclic amines) is 1. The lowest BCUT2D eigenvalue weighted by Gasteiger charge is -2.33. The zero-order chi connectivity index (χ0) is 18.6. The van der Waals surface area contributed by atoms with Gasteiger partial charge in [-0.2, -0.15) is 0 Å². The first-order valence-electron chi connectivity index (χ1n) is 8.44. The predicted molar refractivity (Wildman–Crippen MR) is 98.5 cm³/mol. The van der Waals surface area contributed by atoms with Crippen molar-refractivity contribution in [2.24, 2.45) is 11.8 Å². The Morgan fingerprint density at radius 3 is 2.56 bits per heavy atom. The molecule has 7 heteroatoms. The number of halogens is 1. The highest BCUT2D eigenvalue weighted by Crippen LogP contribution is 2.26. The molecule has 0 spiro atoms. The van der Waals surface area contributed by atoms with Crippen LogP contribution >= 0.6 is 11.6 Å². The molecule has 0 bridgehead atoms. The molecule has 0 aromatic heterocycles. The van der Waals surface area contributed by atoms with E-state index in [9.17, 15) is 14.4 Å². The Labute approximate surface area is 152 Å². The summed E-state index contributed by atoms with van der Waals surface area (Å²) >= 11 is 6.12. The van der Waals surface area contributed by atoms with Crippen molar-refractivity contribution in [3.8, 4) is 0 Å². The molecule has 1 saturated heterocycles. The normalized spacial score (nSPS) is 17.3. The molecule has 1 fully saturated rings. The van der Waals surface area contributed by atoms with E-state index < -0.39 is 0 Å². The third-order valence-electron chi connectivity index (χ3n) is 4.15. The van der Waals surface area contributed by atoms with Crippen molar-refractivity contribution in [3.05, 3.63) is 23.2 Å². The molecule has 1 aromatic carbocycles. The first kappa shape index (κ1) is 19.2. The zero-order valence-corrected chi connectivity index (χ0v) is 15.5. The number of anilines is 2. The van der Waals surface area contributed by atoms with E-state index in [1.807, 2.05) is 13.8 Å². The Morgan fingerprint density at radius 1 is 1.24 bits per heavy atom. The van der Waals surface area contributed by atoms with Gasteiger partial charge in [0.15, 0.2) is 0 Å². The van der Waals surface area contributed by atoms with Crippen molar-refractivity contribution in [1.29, 1.82) is 0 Å². The van der Waals surface area contributed by atoms with Crippen LogP contribution in [0.3, 0.4) is 0 Å². The second kappa shape index (κ2) is 8.34. The van der Waals surface area contributed by atoms with Gasteiger partial charge in [-0.15, -0.1) is 0 Å². The van der Waals surface area contributed by atoms with Crippen LogP contribution in [0.15, 0.2) is 18.2 Å². The second-order valence-corrected chi connectivity index (χ2v) is 7.05. The van der Waals surface area contributed by atoms with Gasteiger partial charge in [-0.05, 0) is 31.0 Å². The molecule has 0 radical (unpaired) electrons. The highest BCUT2D eigenvalue weighted by atomic mass is 35.5. The van der Waals surface area contributed by atoms with Gasteiger partial charge >= 0.3 is 0 Å². The minimum atomic E-state index is -0.231. The minimum absolute atomic E-state index is 0.0676. The van der Waals surface area contributed by atoms with E-state index in [1.165, 1.54) is 6.92 Å². The van der Waals surface area contributed by atoms with E-state index in [4.69, 9.17) is 11.6 Å². The number of amides is 3. The third-order valence-corrected chi connectivity index (χ3v) is 4.46. The molecule has 1 atom stereocenters. The number of rotatable bonds is 4. The Kier molecular flexibility index (Phi) is 6.42. The summed E-state index contributed by atoms with van der Waals surface area (Å²) < 4.78 is 0. The second-order valence-electron chi connectivity index (χ2n) is 6.64. The molecule has 1 unspecified atom stereocenters. The maximum atomic E-state index is 12.5. The van der Waals surface area contributed by atoms with E-state index in [-0.39, 0.29) is 29.6 Å². The van der Waals surface area contributed by atoms with E-state index in [2.05, 4.69) is 10.6 Å². The maximum Gasteiger partial charge on any atom is 0.229 e. The number of carbonyl (C=O) groups is 3. The monoisotopic (exact) mass is 365 g/mol. The van der Waals surface area contributed by atoms with Crippen LogP contribution in [-0.4, -0.2) is 35.7 Å². The SMILES string of the molecule is CC(=O)Nc1ccc(NC(=O)C2CCCN(C(=O)C(C)C)C2)cc1Cl. The molecule has 0 aliphatic carbocycles. The molecule has 2 N–H and O–H groups in total. The fourth-order valence-electron chi connectivity index (χ4n) is 2.88. The largest absolute Gasteiger partial charge is 0.342 e. The van der Waals surface area contributed by atoms with Crippen molar-refractivity contribution in [2.45, 2.75) is 33.6 Å². The van der Waals surface area contributed by atoms with E-state index >= 15 is 0 Å². The van der Waals surface area contributed by atoms with Crippen molar-refractivity contribution >= 4 is 40.7 Å². The quantitative estimate of drug-likeness (QED) is 0.860. The Balaban J connectivity index is 2.00. The summed E-state index contributed by atoms with van der Waals surface area (Å²) in [6.07, 6.45) is 1.57. The molecule has 1 heterocycles. The van der Waals surface area contributed by atoms with Gasteiger partial charge in [0.25, 0.3) is 0 Å². The maximum absolute atomic E-state index is 12.5. The molecular weight excluding hydrogens is 342 g/mol. The van der Waals surface area contributed by atoms with Crippen molar-refractivity contribution in [3.63, 3.8) is 0 Å². The first-order chi connectivity index (χ1) is 11.8. The van der Waals surface area contributed by atoms with Crippen LogP contribution in [0.4, 0.5) is 11.4 Å². The highest BCUT2D eigenvalue weighted by molar-refractivity contribution is 6.34. The van der Waals surface area contributed by atoms with E-state index in [0.29, 0.717) is 29.5 Å². The summed E-state index contributed by atoms with van der Waals surface area (Å²) in [5, 5.41) is 5.82. The van der Waals surface area contributed by atoms with E-state index in [0.717, 1.165) is 12.8 Å². The number of hydrogen-bond donors (Lipinski definition) is 2. The van der Waals surface area contributed by atoms with Gasteiger partial charge in [0, 0.05) is 31.6 Å². The third kappa shape index (κ3) is 5.19. The highest BCUT2D eigenvalue weighted by Gasteiger charge is 2.29. The Hall–Kier alpha value is -2.08. The lowest BCUT2D eigenvalue weighted by molar-refractivity contribution is -0.137. The number of hydrogen-bond acceptors (Lipinski definition) is 3. The smallest absolute Gasteiger partial charge is 0.229 e. The van der Waals surface area contributed by atoms with Crippen LogP contribution in [-0.2, 0) is 14.4 Å². The lowest BCUT2D eigenvalue weighted by Crippen LogP contribution is -2.45. The van der Waals surface area contributed by atoms with Crippen molar-refractivity contribution in [1.82, 2.24) is 4.90 Å². The average molecular weight is 366 g/mol. The number of nitrogens with one attached hydrogen (secondary N) is 2. The van der Waals surface area contributed by atoms with Crippen LogP contribution in [0, 0.1) is 11.8 Å². The lowest BCUT2D eigenvalue weighted by atomic mass is 9.96. The number of carbonyl (C=O) groups excluding carboxylic acids is 3.